The molecule has 2 aliphatic heterocycles. The van der Waals surface area contributed by atoms with Crippen molar-refractivity contribution in [2.75, 3.05) is 32.7 Å². The number of piperazine rings is 2. The minimum absolute atomic E-state index is 0.0106. The minimum atomic E-state index is -0.485. The van der Waals surface area contributed by atoms with Gasteiger partial charge in [-0.3, -0.25) is 19.2 Å². The van der Waals surface area contributed by atoms with Crippen LogP contribution in [-0.2, 0) is 19.2 Å². The smallest absolute Gasteiger partial charge is 0.312 e. The molecule has 4 fully saturated rings. The lowest BCUT2D eigenvalue weighted by Gasteiger charge is -2.42. The second kappa shape index (κ2) is 15.2. The van der Waals surface area contributed by atoms with E-state index < -0.39 is 11.8 Å². The maximum Gasteiger partial charge on any atom is 0.312 e. The van der Waals surface area contributed by atoms with Crippen molar-refractivity contribution in [1.82, 2.24) is 20.0 Å². The van der Waals surface area contributed by atoms with Crippen molar-refractivity contribution >= 4 is 23.6 Å². The quantitative estimate of drug-likeness (QED) is 0.266. The SMILES string of the molecule is CC(C)C[C@@H]1CN(CCCC[C@H]2CNC(=O)C(=O)N2CCC2CCCCC2)C(=O)C(=O)N1CCC1CCCCC1. The topological polar surface area (TPSA) is 90.0 Å². The fourth-order valence-electron chi connectivity index (χ4n) is 7.59. The van der Waals surface area contributed by atoms with Gasteiger partial charge in [0.05, 0.1) is 6.04 Å². The zero-order valence-corrected chi connectivity index (χ0v) is 25.2. The Morgan fingerprint density at radius 2 is 1.25 bits per heavy atom. The number of nitrogens with one attached hydrogen (secondary N) is 1. The summed E-state index contributed by atoms with van der Waals surface area (Å²) in [5.74, 6) is 0.267. The summed E-state index contributed by atoms with van der Waals surface area (Å²) in [5.41, 5.74) is 0. The summed E-state index contributed by atoms with van der Waals surface area (Å²) >= 11 is 0. The molecule has 2 atom stereocenters. The Morgan fingerprint density at radius 3 is 1.82 bits per heavy atom. The van der Waals surface area contributed by atoms with Crippen LogP contribution in [0.15, 0.2) is 0 Å². The monoisotopic (exact) mass is 558 g/mol. The van der Waals surface area contributed by atoms with E-state index in [0.29, 0.717) is 50.5 Å². The molecule has 0 aromatic rings. The Bertz CT molecular complexity index is 865. The first-order valence-corrected chi connectivity index (χ1v) is 16.5. The van der Waals surface area contributed by atoms with Crippen molar-refractivity contribution in [2.24, 2.45) is 17.8 Å². The molecule has 4 amide bonds. The van der Waals surface area contributed by atoms with Crippen LogP contribution in [0.1, 0.15) is 117 Å². The molecule has 0 aromatic heterocycles. The summed E-state index contributed by atoms with van der Waals surface area (Å²) in [5, 5.41) is 2.77. The molecular formula is C32H54N4O4. The molecule has 4 rings (SSSR count). The van der Waals surface area contributed by atoms with Crippen molar-refractivity contribution in [3.05, 3.63) is 0 Å². The average molecular weight is 559 g/mol. The predicted molar refractivity (Wildman–Crippen MR) is 156 cm³/mol. The Morgan fingerprint density at radius 1 is 0.675 bits per heavy atom. The van der Waals surface area contributed by atoms with Crippen molar-refractivity contribution < 1.29 is 19.2 Å². The van der Waals surface area contributed by atoms with Gasteiger partial charge in [0.15, 0.2) is 0 Å². The van der Waals surface area contributed by atoms with Gasteiger partial charge in [0.2, 0.25) is 0 Å². The molecule has 0 radical (unpaired) electrons. The number of carbonyl (C=O) groups is 4. The van der Waals surface area contributed by atoms with E-state index >= 15 is 0 Å². The number of nitrogens with zero attached hydrogens (tertiary/aromatic N) is 3. The van der Waals surface area contributed by atoms with Crippen LogP contribution in [0.25, 0.3) is 0 Å². The lowest BCUT2D eigenvalue weighted by molar-refractivity contribution is -0.159. The number of hydrogen-bond donors (Lipinski definition) is 1. The maximum absolute atomic E-state index is 13.2. The number of rotatable bonds is 13. The molecule has 8 nitrogen and oxygen atoms in total. The van der Waals surface area contributed by atoms with Crippen LogP contribution in [0.5, 0.6) is 0 Å². The molecule has 2 saturated heterocycles. The van der Waals surface area contributed by atoms with E-state index in [9.17, 15) is 19.2 Å². The van der Waals surface area contributed by atoms with E-state index in [2.05, 4.69) is 19.2 Å². The summed E-state index contributed by atoms with van der Waals surface area (Å²) in [6.45, 7) is 7.45. The summed E-state index contributed by atoms with van der Waals surface area (Å²) in [4.78, 5) is 56.6. The van der Waals surface area contributed by atoms with Gasteiger partial charge < -0.3 is 20.0 Å². The van der Waals surface area contributed by atoms with Crippen LogP contribution in [0.4, 0.5) is 0 Å². The highest BCUT2D eigenvalue weighted by atomic mass is 16.2. The largest absolute Gasteiger partial charge is 0.346 e. The van der Waals surface area contributed by atoms with Crippen LogP contribution in [0.2, 0.25) is 0 Å². The molecule has 2 saturated carbocycles. The second-order valence-corrected chi connectivity index (χ2v) is 13.5. The Kier molecular flexibility index (Phi) is 11.7. The van der Waals surface area contributed by atoms with Gasteiger partial charge in [0, 0.05) is 38.8 Å². The van der Waals surface area contributed by atoms with Crippen LogP contribution in [0.3, 0.4) is 0 Å². The lowest BCUT2D eigenvalue weighted by atomic mass is 9.86. The molecular weight excluding hydrogens is 504 g/mol. The van der Waals surface area contributed by atoms with E-state index in [1.165, 1.54) is 64.2 Å². The van der Waals surface area contributed by atoms with Gasteiger partial charge in [-0.25, -0.2) is 0 Å². The van der Waals surface area contributed by atoms with Gasteiger partial charge in [-0.1, -0.05) is 78.1 Å². The number of amides is 4. The third-order valence-corrected chi connectivity index (χ3v) is 9.96. The van der Waals surface area contributed by atoms with Crippen LogP contribution >= 0.6 is 0 Å². The maximum atomic E-state index is 13.2. The van der Waals surface area contributed by atoms with Gasteiger partial charge >= 0.3 is 23.6 Å². The number of hydrogen-bond acceptors (Lipinski definition) is 4. The molecule has 0 bridgehead atoms. The average Bonchev–Trinajstić information content (AvgIpc) is 2.95. The molecule has 40 heavy (non-hydrogen) atoms. The molecule has 2 heterocycles. The minimum Gasteiger partial charge on any atom is -0.346 e. The molecule has 0 aromatic carbocycles. The standard InChI is InChI=1S/C32H54N4O4/c1-24(2)21-28-23-34(31(39)32(40)36(28)20-17-26-13-7-4-8-14-26)18-10-9-15-27-22-33-29(37)30(38)35(27)19-16-25-11-5-3-6-12-25/h24-28H,3-23H2,1-2H3,(H,33,37)/t27-,28+/m0/s1. The molecule has 226 valence electrons. The fourth-order valence-corrected chi connectivity index (χ4v) is 7.59. The van der Waals surface area contributed by atoms with Crippen molar-refractivity contribution in [2.45, 2.75) is 129 Å². The van der Waals surface area contributed by atoms with E-state index in [1.807, 2.05) is 9.80 Å². The van der Waals surface area contributed by atoms with Gasteiger partial charge in [0.1, 0.15) is 0 Å². The van der Waals surface area contributed by atoms with Gasteiger partial charge in [-0.15, -0.1) is 0 Å². The highest BCUT2D eigenvalue weighted by Gasteiger charge is 2.39. The summed E-state index contributed by atoms with van der Waals surface area (Å²) in [7, 11) is 0. The predicted octanol–water partition coefficient (Wildman–Crippen LogP) is 4.51. The highest BCUT2D eigenvalue weighted by molar-refractivity contribution is 6.36. The van der Waals surface area contributed by atoms with Crippen molar-refractivity contribution in [3.63, 3.8) is 0 Å². The Balaban J connectivity index is 1.26. The Labute approximate surface area is 242 Å². The van der Waals surface area contributed by atoms with Crippen LogP contribution in [-0.4, -0.2) is 83.1 Å². The second-order valence-electron chi connectivity index (χ2n) is 13.5. The third kappa shape index (κ3) is 8.45. The van der Waals surface area contributed by atoms with Crippen LogP contribution < -0.4 is 5.32 Å². The van der Waals surface area contributed by atoms with E-state index in [1.54, 1.807) is 4.90 Å². The first-order chi connectivity index (χ1) is 19.3. The summed E-state index contributed by atoms with van der Waals surface area (Å²) < 4.78 is 0. The highest BCUT2D eigenvalue weighted by Crippen LogP contribution is 2.29. The van der Waals surface area contributed by atoms with Crippen molar-refractivity contribution in [3.8, 4) is 0 Å². The summed E-state index contributed by atoms with van der Waals surface area (Å²) in [6.07, 6.45) is 18.1. The van der Waals surface area contributed by atoms with Crippen molar-refractivity contribution in [1.29, 1.82) is 0 Å². The zero-order valence-electron chi connectivity index (χ0n) is 25.2. The molecule has 1 N–H and O–H groups in total. The molecule has 4 aliphatic rings. The van der Waals surface area contributed by atoms with Gasteiger partial charge in [-0.05, 0) is 56.3 Å². The summed E-state index contributed by atoms with van der Waals surface area (Å²) in [6, 6.07) is 0.103. The zero-order chi connectivity index (χ0) is 28.5. The van der Waals surface area contributed by atoms with E-state index in [4.69, 9.17) is 0 Å². The number of unbranched alkanes of at least 4 members (excludes halogenated alkanes) is 1. The molecule has 2 aliphatic carbocycles. The van der Waals surface area contributed by atoms with Gasteiger partial charge in [0.25, 0.3) is 0 Å². The lowest BCUT2D eigenvalue weighted by Crippen LogP contribution is -2.60. The third-order valence-electron chi connectivity index (χ3n) is 9.96. The van der Waals surface area contributed by atoms with Crippen LogP contribution in [0, 0.1) is 17.8 Å². The Hall–Kier alpha value is -2.12. The van der Waals surface area contributed by atoms with Gasteiger partial charge in [-0.2, -0.15) is 0 Å². The first-order valence-electron chi connectivity index (χ1n) is 16.5. The molecule has 0 spiro atoms. The number of carbonyl (C=O) groups excluding carboxylic acids is 4. The van der Waals surface area contributed by atoms with E-state index in [0.717, 1.165) is 38.5 Å². The molecule has 8 heteroatoms. The fraction of sp³-hybridized carbons (Fsp3) is 0.875. The molecule has 0 unspecified atom stereocenters. The van der Waals surface area contributed by atoms with E-state index in [-0.39, 0.29) is 23.9 Å². The first kappa shape index (κ1) is 30.8. The normalized spacial score (nSPS) is 25.7.